The maximum atomic E-state index is 12.8. The van der Waals surface area contributed by atoms with Gasteiger partial charge in [0.1, 0.15) is 12.4 Å². The molecule has 3 aromatic rings. The van der Waals surface area contributed by atoms with Crippen molar-refractivity contribution in [3.8, 4) is 11.3 Å². The summed E-state index contributed by atoms with van der Waals surface area (Å²) in [6.45, 7) is -3.87. The lowest BCUT2D eigenvalue weighted by atomic mass is 10.1. The van der Waals surface area contributed by atoms with E-state index in [0.717, 1.165) is 5.56 Å². The van der Waals surface area contributed by atoms with E-state index in [9.17, 15) is 35.9 Å². The highest BCUT2D eigenvalue weighted by molar-refractivity contribution is 5.94. The third-order valence-corrected chi connectivity index (χ3v) is 4.86. The molecular weight excluding hydrogens is 622 g/mol. The van der Waals surface area contributed by atoms with Crippen molar-refractivity contribution in [2.75, 3.05) is 23.8 Å². The van der Waals surface area contributed by atoms with E-state index < -0.39 is 24.4 Å². The van der Waals surface area contributed by atoms with Gasteiger partial charge in [-0.3, -0.25) is 24.4 Å². The quantitative estimate of drug-likeness (QED) is 0.0605. The molecule has 3 rings (SSSR count). The summed E-state index contributed by atoms with van der Waals surface area (Å²) in [4.78, 5) is 46.8. The molecule has 0 saturated carbocycles. The lowest BCUT2D eigenvalue weighted by Gasteiger charge is -2.15. The van der Waals surface area contributed by atoms with Gasteiger partial charge in [0.25, 0.3) is 12.0 Å². The number of carbonyl (C=O) groups excluding carboxylic acids is 1. The molecule has 0 bridgehead atoms. The number of aliphatic carboxylic acids is 1. The zero-order valence-electron chi connectivity index (χ0n) is 23.1. The van der Waals surface area contributed by atoms with Crippen molar-refractivity contribution in [2.45, 2.75) is 25.9 Å². The molecule has 0 fully saturated rings. The van der Waals surface area contributed by atoms with Crippen molar-refractivity contribution in [3.63, 3.8) is 0 Å². The second-order valence-electron chi connectivity index (χ2n) is 8.06. The standard InChI is InChI=1S/C21H24N8O2.C2HF3O2.CHF3.CH2O2/c1-26-20-21(31)29(17(10-28-20)14-6-15(22)8-16(23)7-14)11-18(30)27-9-12-2-4-13(5-3-12)19(24)25;3-2(4,5)1(6)7;2-1(3)4;2-1-3/h2-8,10H,9,11,22-23H2,1H3,(H3,24,25)(H,26,28)(H,27,30);(H,6,7);1H;1H,(H,2,3). The molecule has 0 aliphatic carbocycles. The molecule has 14 nitrogen and oxygen atoms in total. The van der Waals surface area contributed by atoms with Crippen molar-refractivity contribution in [2.24, 2.45) is 5.73 Å². The number of nitrogens with zero attached hydrogens (tertiary/aromatic N) is 2. The largest absolute Gasteiger partial charge is 0.490 e. The first-order valence-corrected chi connectivity index (χ1v) is 11.8. The Labute approximate surface area is 250 Å². The second-order valence-corrected chi connectivity index (χ2v) is 8.06. The average molecular weight is 651 g/mol. The van der Waals surface area contributed by atoms with Gasteiger partial charge in [-0.05, 0) is 23.8 Å². The van der Waals surface area contributed by atoms with Crippen LogP contribution in [0.25, 0.3) is 11.3 Å². The number of nitrogens with two attached hydrogens (primary N) is 3. The smallest absolute Gasteiger partial charge is 0.483 e. The number of nitrogens with one attached hydrogen (secondary N) is 3. The zero-order chi connectivity index (χ0) is 34.9. The number of carboxylic acid groups (broad SMARTS) is 2. The summed E-state index contributed by atoms with van der Waals surface area (Å²) in [6.07, 6.45) is -3.59. The molecule has 0 spiro atoms. The molecule has 0 aliphatic rings. The van der Waals surface area contributed by atoms with Crippen LogP contribution in [0.3, 0.4) is 0 Å². The predicted octanol–water partition coefficient (Wildman–Crippen LogP) is 2.23. The van der Waals surface area contributed by atoms with Crippen LogP contribution in [0.4, 0.5) is 43.5 Å². The number of halogens is 6. The number of amides is 1. The Morgan fingerprint density at radius 2 is 1.56 bits per heavy atom. The fraction of sp³-hybridized carbons (Fsp3) is 0.200. The monoisotopic (exact) mass is 650 g/mol. The van der Waals surface area contributed by atoms with Crippen LogP contribution in [0.5, 0.6) is 0 Å². The average Bonchev–Trinajstić information content (AvgIpc) is 2.92. The number of carboxylic acids is 1. The maximum absolute atomic E-state index is 12.8. The van der Waals surface area contributed by atoms with Gasteiger partial charge >= 0.3 is 18.8 Å². The first-order chi connectivity index (χ1) is 20.9. The van der Waals surface area contributed by atoms with Gasteiger partial charge in [0.05, 0.1) is 11.9 Å². The van der Waals surface area contributed by atoms with Crippen LogP contribution in [0.2, 0.25) is 0 Å². The van der Waals surface area contributed by atoms with Crippen LogP contribution in [-0.2, 0) is 27.5 Å². The predicted molar refractivity (Wildman–Crippen MR) is 151 cm³/mol. The van der Waals surface area contributed by atoms with Crippen molar-refractivity contribution >= 4 is 41.4 Å². The van der Waals surface area contributed by atoms with Gasteiger partial charge in [0.15, 0.2) is 5.82 Å². The van der Waals surface area contributed by atoms with Gasteiger partial charge in [0, 0.05) is 36.1 Å². The number of carbonyl (C=O) groups is 3. The lowest BCUT2D eigenvalue weighted by molar-refractivity contribution is -0.192. The van der Waals surface area contributed by atoms with Crippen LogP contribution < -0.4 is 33.4 Å². The Balaban J connectivity index is 0.00000116. The summed E-state index contributed by atoms with van der Waals surface area (Å²) in [7, 11) is 1.58. The van der Waals surface area contributed by atoms with Crippen LogP contribution in [0, 0.1) is 5.41 Å². The summed E-state index contributed by atoms with van der Waals surface area (Å²) in [5.41, 5.74) is 20.1. The molecule has 45 heavy (non-hydrogen) atoms. The van der Waals surface area contributed by atoms with E-state index in [0.29, 0.717) is 28.2 Å². The molecule has 11 N–H and O–H groups in total. The number of benzene rings is 2. The van der Waals surface area contributed by atoms with Crippen molar-refractivity contribution < 1.29 is 50.9 Å². The Morgan fingerprint density at radius 1 is 1.09 bits per heavy atom. The SMILES string of the molecule is CNc1ncc(-c2cc(N)cc(N)c2)n(CC(=O)NCc2ccc(C(=N)N)cc2)c1=O.FC(F)F.O=C(O)C(F)(F)F.O=CO. The van der Waals surface area contributed by atoms with Gasteiger partial charge in [-0.2, -0.15) is 26.3 Å². The maximum Gasteiger partial charge on any atom is 0.490 e. The minimum Gasteiger partial charge on any atom is -0.483 e. The zero-order valence-corrected chi connectivity index (χ0v) is 23.1. The van der Waals surface area contributed by atoms with Crippen molar-refractivity contribution in [3.05, 3.63) is 70.1 Å². The Morgan fingerprint density at radius 3 is 1.96 bits per heavy atom. The molecule has 1 heterocycles. The molecule has 0 unspecified atom stereocenters. The Hall–Kier alpha value is -5.82. The molecule has 0 aliphatic heterocycles. The van der Waals surface area contributed by atoms with Gasteiger partial charge < -0.3 is 38.0 Å². The topological polar surface area (TPSA) is 253 Å². The number of alkyl halides is 6. The van der Waals surface area contributed by atoms with E-state index in [2.05, 4.69) is 15.6 Å². The highest BCUT2D eigenvalue weighted by atomic mass is 19.4. The van der Waals surface area contributed by atoms with E-state index in [1.54, 1.807) is 49.5 Å². The van der Waals surface area contributed by atoms with Crippen LogP contribution in [0.1, 0.15) is 11.1 Å². The van der Waals surface area contributed by atoms with Crippen molar-refractivity contribution in [1.82, 2.24) is 14.9 Å². The Bertz CT molecular complexity index is 1480. The number of amidine groups is 1. The molecular formula is C25H28F6N8O6. The van der Waals surface area contributed by atoms with Gasteiger partial charge in [-0.1, -0.05) is 24.3 Å². The number of nitrogen functional groups attached to an aromatic ring is 3. The van der Waals surface area contributed by atoms with E-state index in [-0.39, 0.29) is 37.1 Å². The Kier molecular flexibility index (Phi) is 16.2. The van der Waals surface area contributed by atoms with E-state index in [4.69, 9.17) is 42.4 Å². The number of hydrogen-bond acceptors (Lipinski definition) is 9. The van der Waals surface area contributed by atoms with Crippen LogP contribution >= 0.6 is 0 Å². The lowest BCUT2D eigenvalue weighted by Crippen LogP contribution is -2.34. The summed E-state index contributed by atoms with van der Waals surface area (Å²) in [5.74, 6) is -3.02. The highest BCUT2D eigenvalue weighted by Crippen LogP contribution is 2.24. The normalized spacial score (nSPS) is 10.0. The minimum absolute atomic E-state index is 0.0253. The summed E-state index contributed by atoms with van der Waals surface area (Å²) in [6, 6.07) is 11.9. The third kappa shape index (κ3) is 14.8. The van der Waals surface area contributed by atoms with Gasteiger partial charge in [-0.15, -0.1) is 0 Å². The highest BCUT2D eigenvalue weighted by Gasteiger charge is 2.38. The summed E-state index contributed by atoms with van der Waals surface area (Å²) in [5, 5.41) is 27.0. The first kappa shape index (κ1) is 39.2. The molecule has 0 saturated heterocycles. The summed E-state index contributed by atoms with van der Waals surface area (Å²) >= 11 is 0. The number of rotatable bonds is 7. The molecule has 1 aromatic heterocycles. The van der Waals surface area contributed by atoms with E-state index in [1.165, 1.54) is 10.8 Å². The minimum atomic E-state index is -5.08. The molecule has 1 amide bonds. The molecule has 20 heteroatoms. The third-order valence-electron chi connectivity index (χ3n) is 4.86. The van der Waals surface area contributed by atoms with Crippen LogP contribution in [-0.4, -0.2) is 63.9 Å². The molecule has 2 aromatic carbocycles. The fourth-order valence-corrected chi connectivity index (χ4v) is 3.07. The van der Waals surface area contributed by atoms with Crippen LogP contribution in [0.15, 0.2) is 53.5 Å². The molecule has 0 atom stereocenters. The number of hydrogen-bond donors (Lipinski definition) is 8. The first-order valence-electron chi connectivity index (χ1n) is 11.8. The second kappa shape index (κ2) is 18.7. The van der Waals surface area contributed by atoms with E-state index >= 15 is 0 Å². The molecule has 246 valence electrons. The molecule has 0 radical (unpaired) electrons. The van der Waals surface area contributed by atoms with Gasteiger partial charge in [0.2, 0.25) is 5.91 Å². The van der Waals surface area contributed by atoms with Crippen molar-refractivity contribution in [1.29, 1.82) is 5.41 Å². The number of aromatic nitrogens is 2. The fourth-order valence-electron chi connectivity index (χ4n) is 3.07. The summed E-state index contributed by atoms with van der Waals surface area (Å²) < 4.78 is 62.1. The van der Waals surface area contributed by atoms with Gasteiger partial charge in [-0.25, -0.2) is 9.78 Å². The van der Waals surface area contributed by atoms with E-state index in [1.807, 2.05) is 0 Å². The number of anilines is 3.